The van der Waals surface area contributed by atoms with Crippen LogP contribution in [0.3, 0.4) is 0 Å². The number of nitrogens with one attached hydrogen (secondary N) is 1. The van der Waals surface area contributed by atoms with Crippen molar-refractivity contribution in [3.63, 3.8) is 0 Å². The second-order valence-electron chi connectivity index (χ2n) is 7.91. The van der Waals surface area contributed by atoms with Gasteiger partial charge in [-0.15, -0.1) is 0 Å². The molecule has 0 amide bonds. The van der Waals surface area contributed by atoms with Crippen LogP contribution < -0.4 is 5.32 Å². The van der Waals surface area contributed by atoms with Gasteiger partial charge in [-0.25, -0.2) is 0 Å². The first-order valence-electron chi connectivity index (χ1n) is 11.0. The fraction of sp³-hybridized carbons (Fsp3) is 0.593. The molecule has 164 valence electrons. The largest absolute Gasteiger partial charge is 0.317 e. The molecule has 2 atom stereocenters. The first-order valence-corrected chi connectivity index (χ1v) is 11.0. The lowest BCUT2D eigenvalue weighted by molar-refractivity contribution is 0.452. The van der Waals surface area contributed by atoms with Crippen LogP contribution in [-0.2, 0) is 0 Å². The molecule has 2 heterocycles. The van der Waals surface area contributed by atoms with E-state index in [-0.39, 0.29) is 7.43 Å². The van der Waals surface area contributed by atoms with Crippen molar-refractivity contribution in [1.82, 2.24) is 10.3 Å². The Morgan fingerprint density at radius 2 is 1.76 bits per heavy atom. The number of nitrogens with zero attached hydrogens (tertiary/aromatic N) is 1. The molecule has 2 nitrogen and oxygen atoms in total. The van der Waals surface area contributed by atoms with Crippen LogP contribution in [0.4, 0.5) is 0 Å². The Morgan fingerprint density at radius 3 is 2.24 bits per heavy atom. The average molecular weight is 399 g/mol. The summed E-state index contributed by atoms with van der Waals surface area (Å²) in [5.41, 5.74) is 7.60. The molecule has 1 N–H and O–H groups in total. The number of aryl methyl sites for hydroxylation is 1. The molecule has 1 aromatic heterocycles. The third-order valence-corrected chi connectivity index (χ3v) is 6.06. The topological polar surface area (TPSA) is 24.9 Å². The van der Waals surface area contributed by atoms with Gasteiger partial charge in [0.1, 0.15) is 0 Å². The van der Waals surface area contributed by atoms with E-state index in [0.717, 1.165) is 18.7 Å². The smallest absolute Gasteiger partial charge is 0.0438 e. The van der Waals surface area contributed by atoms with Gasteiger partial charge in [-0.05, 0) is 88.2 Å². The Balaban J connectivity index is 0.00000253. The maximum atomic E-state index is 5.00. The molecule has 0 bridgehead atoms. The third-order valence-electron chi connectivity index (χ3n) is 6.06. The van der Waals surface area contributed by atoms with Crippen LogP contribution in [0.1, 0.15) is 97.5 Å². The van der Waals surface area contributed by atoms with Crippen LogP contribution in [0.25, 0.3) is 0 Å². The van der Waals surface area contributed by atoms with Gasteiger partial charge in [-0.3, -0.25) is 4.98 Å². The number of rotatable bonds is 6. The lowest BCUT2D eigenvalue weighted by Crippen LogP contribution is -2.27. The van der Waals surface area contributed by atoms with Crippen molar-refractivity contribution in [1.29, 1.82) is 0 Å². The second-order valence-corrected chi connectivity index (χ2v) is 7.91. The zero-order valence-corrected chi connectivity index (χ0v) is 19.5. The van der Waals surface area contributed by atoms with Crippen molar-refractivity contribution in [3.8, 4) is 0 Å². The van der Waals surface area contributed by atoms with E-state index in [0.29, 0.717) is 17.8 Å². The lowest BCUT2D eigenvalue weighted by atomic mass is 9.81. The predicted molar refractivity (Wildman–Crippen MR) is 132 cm³/mol. The summed E-state index contributed by atoms with van der Waals surface area (Å²) in [6.45, 7) is 23.4. The quantitative estimate of drug-likeness (QED) is 0.496. The predicted octanol–water partition coefficient (Wildman–Crippen LogP) is 7.73. The number of hydrogen-bond acceptors (Lipinski definition) is 2. The number of aromatic nitrogens is 1. The van der Waals surface area contributed by atoms with Crippen molar-refractivity contribution in [2.75, 3.05) is 13.1 Å². The van der Waals surface area contributed by atoms with E-state index in [1.807, 2.05) is 13.8 Å². The molecule has 0 saturated carbocycles. The Morgan fingerprint density at radius 1 is 1.17 bits per heavy atom. The highest BCUT2D eigenvalue weighted by molar-refractivity contribution is 5.37. The minimum Gasteiger partial charge on any atom is -0.317 e. The highest BCUT2D eigenvalue weighted by Crippen LogP contribution is 2.34. The molecular formula is C27H46N2. The van der Waals surface area contributed by atoms with Gasteiger partial charge in [-0.1, -0.05) is 65.5 Å². The molecule has 2 unspecified atom stereocenters. The van der Waals surface area contributed by atoms with Crippen LogP contribution in [0.2, 0.25) is 0 Å². The summed E-state index contributed by atoms with van der Waals surface area (Å²) >= 11 is 0. The van der Waals surface area contributed by atoms with Crippen LogP contribution in [0.5, 0.6) is 0 Å². The van der Waals surface area contributed by atoms with Crippen molar-refractivity contribution >= 4 is 0 Å². The Kier molecular flexibility index (Phi) is 12.8. The first kappa shape index (κ1) is 27.3. The number of pyridine rings is 1. The van der Waals surface area contributed by atoms with Gasteiger partial charge in [0.05, 0.1) is 0 Å². The molecule has 2 rings (SSSR count). The molecule has 0 spiro atoms. The summed E-state index contributed by atoms with van der Waals surface area (Å²) < 4.78 is 0. The van der Waals surface area contributed by atoms with Crippen LogP contribution >= 0.6 is 0 Å². The molecule has 0 aromatic carbocycles. The minimum absolute atomic E-state index is 0. The monoisotopic (exact) mass is 398 g/mol. The molecule has 1 fully saturated rings. The van der Waals surface area contributed by atoms with E-state index in [9.17, 15) is 0 Å². The lowest BCUT2D eigenvalue weighted by Gasteiger charge is -2.26. The third kappa shape index (κ3) is 7.59. The molecule has 2 heteroatoms. The highest BCUT2D eigenvalue weighted by Gasteiger charge is 2.22. The van der Waals surface area contributed by atoms with Crippen molar-refractivity contribution in [2.24, 2.45) is 5.92 Å². The van der Waals surface area contributed by atoms with Gasteiger partial charge in [0.15, 0.2) is 0 Å². The standard InChI is InChI=1S/C24H36N2.C2H6.CH4/c1-8-21(15-17(4)16(2)3)18(5)19(6)23-9-10-24(26-20(23)7)22-11-13-25-14-12-22;1-2;/h8-10,15,18-19,22,25H,2,11-14H2,1,3-7H3;1-2H3;1H4/b17-15-,21-8+;;. The van der Waals surface area contributed by atoms with Crippen molar-refractivity contribution in [3.05, 3.63) is 64.5 Å². The molecule has 1 saturated heterocycles. The Hall–Kier alpha value is -1.67. The SMILES string of the molecule is C.C=C(C)/C(C)=C\C(=C/C)C(C)C(C)c1ccc(C2CCNCC2)nc1C.CC. The van der Waals surface area contributed by atoms with Gasteiger partial charge in [0.25, 0.3) is 0 Å². The maximum absolute atomic E-state index is 5.00. The number of piperidine rings is 1. The van der Waals surface area contributed by atoms with E-state index in [1.54, 1.807) is 0 Å². The summed E-state index contributed by atoms with van der Waals surface area (Å²) in [7, 11) is 0. The normalized spacial score (nSPS) is 17.5. The van der Waals surface area contributed by atoms with Crippen LogP contribution in [0.15, 0.2) is 47.6 Å². The molecular weight excluding hydrogens is 352 g/mol. The molecule has 0 aliphatic carbocycles. The molecule has 0 radical (unpaired) electrons. The van der Waals surface area contributed by atoms with Crippen molar-refractivity contribution < 1.29 is 0 Å². The molecule has 1 aliphatic rings. The van der Waals surface area contributed by atoms with Gasteiger partial charge >= 0.3 is 0 Å². The first-order chi connectivity index (χ1) is 13.3. The maximum Gasteiger partial charge on any atom is 0.0438 e. The number of hydrogen-bond donors (Lipinski definition) is 1. The number of allylic oxidation sites excluding steroid dienone is 5. The van der Waals surface area contributed by atoms with E-state index in [4.69, 9.17) is 4.98 Å². The Labute approximate surface area is 181 Å². The fourth-order valence-electron chi connectivity index (χ4n) is 3.83. The van der Waals surface area contributed by atoms with E-state index >= 15 is 0 Å². The summed E-state index contributed by atoms with van der Waals surface area (Å²) in [5.74, 6) is 1.49. The zero-order valence-electron chi connectivity index (χ0n) is 19.5. The summed E-state index contributed by atoms with van der Waals surface area (Å²) in [5, 5.41) is 3.44. The zero-order chi connectivity index (χ0) is 21.3. The van der Waals surface area contributed by atoms with Gasteiger partial charge in [0.2, 0.25) is 0 Å². The van der Waals surface area contributed by atoms with E-state index < -0.39 is 0 Å². The summed E-state index contributed by atoms with van der Waals surface area (Å²) in [6.07, 6.45) is 6.92. The van der Waals surface area contributed by atoms with Crippen LogP contribution in [0, 0.1) is 12.8 Å². The average Bonchev–Trinajstić information content (AvgIpc) is 2.72. The molecule has 1 aromatic rings. The summed E-state index contributed by atoms with van der Waals surface area (Å²) in [6, 6.07) is 4.59. The summed E-state index contributed by atoms with van der Waals surface area (Å²) in [4.78, 5) is 5.00. The van der Waals surface area contributed by atoms with Gasteiger partial charge in [0, 0.05) is 17.3 Å². The second kappa shape index (κ2) is 13.5. The minimum atomic E-state index is 0. The fourth-order valence-corrected chi connectivity index (χ4v) is 3.83. The van der Waals surface area contributed by atoms with Crippen molar-refractivity contribution in [2.45, 2.75) is 87.5 Å². The molecule has 29 heavy (non-hydrogen) atoms. The highest BCUT2D eigenvalue weighted by atomic mass is 14.9. The molecule has 1 aliphatic heterocycles. The van der Waals surface area contributed by atoms with Gasteiger partial charge < -0.3 is 5.32 Å². The Bertz CT molecular complexity index is 690. The van der Waals surface area contributed by atoms with E-state index in [2.05, 4.69) is 77.7 Å². The van der Waals surface area contributed by atoms with Crippen LogP contribution in [-0.4, -0.2) is 18.1 Å². The van der Waals surface area contributed by atoms with Gasteiger partial charge in [-0.2, -0.15) is 0 Å². The van der Waals surface area contributed by atoms with E-state index in [1.165, 1.54) is 40.9 Å².